The van der Waals surface area contributed by atoms with Crippen molar-refractivity contribution >= 4 is 22.2 Å². The highest BCUT2D eigenvalue weighted by atomic mass is 32.1. The zero-order chi connectivity index (χ0) is 16.7. The number of rotatable bonds is 3. The monoisotopic (exact) mass is 340 g/mol. The van der Waals surface area contributed by atoms with Gasteiger partial charge in [0.1, 0.15) is 23.0 Å². The zero-order valence-electron chi connectivity index (χ0n) is 13.0. The number of hydrogen-bond acceptors (Lipinski definition) is 5. The molecule has 120 valence electrons. The lowest BCUT2D eigenvalue weighted by molar-refractivity contribution is 0.413. The highest BCUT2D eigenvalue weighted by molar-refractivity contribution is 7.09. The Labute approximate surface area is 141 Å². The van der Waals surface area contributed by atoms with Crippen LogP contribution in [0.15, 0.2) is 35.8 Å². The average Bonchev–Trinajstić information content (AvgIpc) is 3.19. The minimum atomic E-state index is -0.379. The van der Waals surface area contributed by atoms with Crippen molar-refractivity contribution in [2.24, 2.45) is 0 Å². The fourth-order valence-corrected chi connectivity index (χ4v) is 3.24. The van der Waals surface area contributed by atoms with Gasteiger partial charge >= 0.3 is 0 Å². The number of nitrogens with one attached hydrogen (secondary N) is 1. The second-order valence-electron chi connectivity index (χ2n) is 5.26. The Morgan fingerprint density at radius 1 is 1.25 bits per heavy atom. The molecular formula is C17H13FN4OS. The summed E-state index contributed by atoms with van der Waals surface area (Å²) >= 11 is 1.56. The lowest BCUT2D eigenvalue weighted by atomic mass is 10.1. The van der Waals surface area contributed by atoms with Crippen LogP contribution < -0.4 is 4.74 Å². The highest BCUT2D eigenvalue weighted by Gasteiger charge is 2.17. The third kappa shape index (κ3) is 2.33. The maximum Gasteiger partial charge on any atom is 0.136 e. The smallest absolute Gasteiger partial charge is 0.136 e. The number of aromatic amines is 1. The Morgan fingerprint density at radius 3 is 2.88 bits per heavy atom. The molecule has 24 heavy (non-hydrogen) atoms. The number of H-pyrrole nitrogens is 1. The van der Waals surface area contributed by atoms with Crippen LogP contribution in [-0.4, -0.2) is 27.3 Å². The first-order chi connectivity index (χ1) is 11.7. The molecule has 0 spiro atoms. The van der Waals surface area contributed by atoms with Gasteiger partial charge in [0.05, 0.1) is 35.1 Å². The first-order valence-electron chi connectivity index (χ1n) is 7.27. The third-order valence-corrected chi connectivity index (χ3v) is 4.53. The van der Waals surface area contributed by atoms with E-state index < -0.39 is 0 Å². The molecule has 0 aliphatic carbocycles. The Hall–Kier alpha value is -2.80. The molecule has 0 saturated carbocycles. The van der Waals surface area contributed by atoms with Gasteiger partial charge in [-0.2, -0.15) is 5.10 Å². The number of ether oxygens (including phenoxy) is 1. The number of hydrogen-bond donors (Lipinski definition) is 1. The molecule has 0 atom stereocenters. The van der Waals surface area contributed by atoms with E-state index in [1.807, 2.05) is 18.4 Å². The molecule has 7 heteroatoms. The molecule has 3 heterocycles. The van der Waals surface area contributed by atoms with Crippen LogP contribution in [0.2, 0.25) is 0 Å². The van der Waals surface area contributed by atoms with E-state index in [2.05, 4.69) is 20.2 Å². The summed E-state index contributed by atoms with van der Waals surface area (Å²) in [5.74, 6) is 0.0622. The molecule has 1 aromatic carbocycles. The Bertz CT molecular complexity index is 1040. The second-order valence-corrected chi connectivity index (χ2v) is 6.32. The number of thiazole rings is 1. The molecule has 0 bridgehead atoms. The molecule has 1 N–H and O–H groups in total. The largest absolute Gasteiger partial charge is 0.496 e. The van der Waals surface area contributed by atoms with Crippen molar-refractivity contribution in [3.05, 3.63) is 46.7 Å². The van der Waals surface area contributed by atoms with Gasteiger partial charge in [-0.05, 0) is 25.1 Å². The number of aromatic nitrogens is 4. The number of halogens is 1. The van der Waals surface area contributed by atoms with Gasteiger partial charge < -0.3 is 4.74 Å². The summed E-state index contributed by atoms with van der Waals surface area (Å²) in [5, 5.41) is 11.0. The summed E-state index contributed by atoms with van der Waals surface area (Å²) in [7, 11) is 1.51. The second kappa shape index (κ2) is 5.68. The predicted molar refractivity (Wildman–Crippen MR) is 91.7 cm³/mol. The van der Waals surface area contributed by atoms with E-state index in [4.69, 9.17) is 4.74 Å². The first-order valence-corrected chi connectivity index (χ1v) is 8.15. The molecule has 5 nitrogen and oxygen atoms in total. The number of pyridine rings is 1. The van der Waals surface area contributed by atoms with Gasteiger partial charge in [-0.3, -0.25) is 10.1 Å². The number of nitrogens with zero attached hydrogens (tertiary/aromatic N) is 3. The maximum absolute atomic E-state index is 14.3. The minimum Gasteiger partial charge on any atom is -0.496 e. The first kappa shape index (κ1) is 14.8. The fourth-order valence-electron chi connectivity index (χ4n) is 2.64. The van der Waals surface area contributed by atoms with E-state index in [9.17, 15) is 4.39 Å². The van der Waals surface area contributed by atoms with E-state index in [-0.39, 0.29) is 5.82 Å². The number of benzene rings is 1. The summed E-state index contributed by atoms with van der Waals surface area (Å²) in [4.78, 5) is 8.82. The van der Waals surface area contributed by atoms with Crippen LogP contribution in [0, 0.1) is 12.7 Å². The standard InChI is InChI=1S/C17H13FN4OS/c1-9-20-14(8-24-9)17-10-6-12(19-7-13(10)21-22-17)16-11(18)4-3-5-15(16)23-2/h3-8H,1-2H3,(H,21,22). The van der Waals surface area contributed by atoms with Crippen molar-refractivity contribution in [1.82, 2.24) is 20.2 Å². The lowest BCUT2D eigenvalue weighted by Gasteiger charge is -2.09. The van der Waals surface area contributed by atoms with Crippen LogP contribution in [0.25, 0.3) is 33.5 Å². The predicted octanol–water partition coefficient (Wildman–Crippen LogP) is 4.20. The summed E-state index contributed by atoms with van der Waals surface area (Å²) in [6.07, 6.45) is 1.65. The van der Waals surface area contributed by atoms with Gasteiger partial charge in [0.2, 0.25) is 0 Å². The van der Waals surface area contributed by atoms with Crippen molar-refractivity contribution < 1.29 is 9.13 Å². The Balaban J connectivity index is 1.93. The molecule has 0 amide bonds. The Kier molecular flexibility index (Phi) is 3.50. The van der Waals surface area contributed by atoms with E-state index in [1.54, 1.807) is 29.7 Å². The zero-order valence-corrected chi connectivity index (χ0v) is 13.8. The maximum atomic E-state index is 14.3. The van der Waals surface area contributed by atoms with E-state index in [1.165, 1.54) is 13.2 Å². The number of aryl methyl sites for hydroxylation is 1. The van der Waals surface area contributed by atoms with Crippen LogP contribution >= 0.6 is 11.3 Å². The molecule has 0 aliphatic rings. The number of fused-ring (bicyclic) bond motifs is 1. The normalized spacial score (nSPS) is 11.1. The third-order valence-electron chi connectivity index (χ3n) is 3.76. The summed E-state index contributed by atoms with van der Waals surface area (Å²) in [6, 6.07) is 6.52. The summed E-state index contributed by atoms with van der Waals surface area (Å²) < 4.78 is 19.6. The van der Waals surface area contributed by atoms with Gasteiger partial charge in [-0.25, -0.2) is 9.37 Å². The van der Waals surface area contributed by atoms with Crippen LogP contribution in [0.1, 0.15) is 5.01 Å². The molecule has 3 aromatic heterocycles. The molecule has 4 rings (SSSR count). The topological polar surface area (TPSA) is 63.7 Å². The average molecular weight is 340 g/mol. The van der Waals surface area contributed by atoms with Gasteiger partial charge in [0, 0.05) is 10.8 Å². The quantitative estimate of drug-likeness (QED) is 0.607. The van der Waals surface area contributed by atoms with E-state index in [0.717, 1.165) is 27.3 Å². The molecule has 0 fully saturated rings. The van der Waals surface area contributed by atoms with E-state index in [0.29, 0.717) is 17.0 Å². The van der Waals surface area contributed by atoms with Gasteiger partial charge in [-0.1, -0.05) is 6.07 Å². The SMILES string of the molecule is COc1cccc(F)c1-c1cc2c(-c3csc(C)n3)n[nH]c2cn1. The van der Waals surface area contributed by atoms with Crippen molar-refractivity contribution in [3.8, 4) is 28.4 Å². The van der Waals surface area contributed by atoms with Gasteiger partial charge in [0.25, 0.3) is 0 Å². The van der Waals surface area contributed by atoms with Crippen molar-refractivity contribution in [2.75, 3.05) is 7.11 Å². The van der Waals surface area contributed by atoms with Crippen LogP contribution in [0.4, 0.5) is 4.39 Å². The minimum absolute atomic E-state index is 0.337. The Morgan fingerprint density at radius 2 is 2.12 bits per heavy atom. The van der Waals surface area contributed by atoms with Crippen LogP contribution in [-0.2, 0) is 0 Å². The summed E-state index contributed by atoms with van der Waals surface area (Å²) in [6.45, 7) is 1.94. The van der Waals surface area contributed by atoms with Crippen molar-refractivity contribution in [2.45, 2.75) is 6.92 Å². The van der Waals surface area contributed by atoms with E-state index >= 15 is 0 Å². The van der Waals surface area contributed by atoms with Crippen LogP contribution in [0.5, 0.6) is 5.75 Å². The van der Waals surface area contributed by atoms with Crippen molar-refractivity contribution in [1.29, 1.82) is 0 Å². The molecule has 0 saturated heterocycles. The van der Waals surface area contributed by atoms with Gasteiger partial charge in [0.15, 0.2) is 0 Å². The molecule has 0 aliphatic heterocycles. The van der Waals surface area contributed by atoms with Crippen LogP contribution in [0.3, 0.4) is 0 Å². The van der Waals surface area contributed by atoms with Gasteiger partial charge in [-0.15, -0.1) is 11.3 Å². The fraction of sp³-hybridized carbons (Fsp3) is 0.118. The molecular weight excluding hydrogens is 327 g/mol. The molecule has 4 aromatic rings. The molecule has 0 radical (unpaired) electrons. The summed E-state index contributed by atoms with van der Waals surface area (Å²) in [5.41, 5.74) is 3.12. The van der Waals surface area contributed by atoms with Crippen molar-refractivity contribution in [3.63, 3.8) is 0 Å². The number of methoxy groups -OCH3 is 1. The lowest BCUT2D eigenvalue weighted by Crippen LogP contribution is -1.93. The highest BCUT2D eigenvalue weighted by Crippen LogP contribution is 2.34. The molecule has 0 unspecified atom stereocenters.